The topological polar surface area (TPSA) is 59.2 Å². The molecule has 4 nitrogen and oxygen atoms in total. The summed E-state index contributed by atoms with van der Waals surface area (Å²) in [6.07, 6.45) is 1.66. The summed E-state index contributed by atoms with van der Waals surface area (Å²) in [5.41, 5.74) is 5.86. The number of nitrogens with two attached hydrogens (primary N) is 1. The van der Waals surface area contributed by atoms with E-state index in [1.807, 2.05) is 14.1 Å². The Hall–Kier alpha value is -1.42. The molecule has 1 aromatic heterocycles. The molecule has 0 bridgehead atoms. The summed E-state index contributed by atoms with van der Waals surface area (Å²) in [5.74, 6) is 0.578. The highest BCUT2D eigenvalue weighted by Crippen LogP contribution is 2.14. The van der Waals surface area contributed by atoms with E-state index in [4.69, 9.17) is 5.73 Å². The van der Waals surface area contributed by atoms with E-state index in [1.54, 1.807) is 23.2 Å². The van der Waals surface area contributed by atoms with Crippen LogP contribution < -0.4 is 10.6 Å². The van der Waals surface area contributed by atoms with Gasteiger partial charge in [-0.3, -0.25) is 4.79 Å². The van der Waals surface area contributed by atoms with E-state index in [0.717, 1.165) is 0 Å². The summed E-state index contributed by atoms with van der Waals surface area (Å²) in [6.45, 7) is 0.0204. The lowest BCUT2D eigenvalue weighted by molar-refractivity contribution is 0.100. The van der Waals surface area contributed by atoms with Crippen LogP contribution in [0.4, 0.5) is 5.82 Å². The Labute approximate surface area is 77.4 Å². The Morgan fingerprint density at radius 3 is 2.85 bits per heavy atom. The van der Waals surface area contributed by atoms with Crippen molar-refractivity contribution in [2.24, 2.45) is 5.73 Å². The second-order valence-electron chi connectivity index (χ2n) is 2.90. The molecule has 1 heterocycles. The van der Waals surface area contributed by atoms with Crippen LogP contribution in [-0.2, 0) is 0 Å². The first-order valence-electron chi connectivity index (χ1n) is 4.02. The molecule has 0 saturated heterocycles. The van der Waals surface area contributed by atoms with Crippen molar-refractivity contribution in [3.63, 3.8) is 0 Å². The highest BCUT2D eigenvalue weighted by atomic mass is 16.1. The highest BCUT2D eigenvalue weighted by molar-refractivity contribution is 6.01. The Kier molecular flexibility index (Phi) is 2.97. The smallest absolute Gasteiger partial charge is 0.180 e. The molecule has 0 aliphatic heterocycles. The molecule has 0 fully saturated rings. The van der Waals surface area contributed by atoms with E-state index in [9.17, 15) is 4.79 Å². The first-order valence-corrected chi connectivity index (χ1v) is 4.02. The van der Waals surface area contributed by atoms with Crippen molar-refractivity contribution < 1.29 is 4.79 Å². The van der Waals surface area contributed by atoms with Gasteiger partial charge in [-0.05, 0) is 12.1 Å². The van der Waals surface area contributed by atoms with E-state index >= 15 is 0 Å². The quantitative estimate of drug-likeness (QED) is 0.677. The van der Waals surface area contributed by atoms with E-state index < -0.39 is 0 Å². The van der Waals surface area contributed by atoms with E-state index in [2.05, 4.69) is 4.98 Å². The number of hydrogen-bond acceptors (Lipinski definition) is 4. The molecule has 1 rings (SSSR count). The maximum Gasteiger partial charge on any atom is 0.180 e. The van der Waals surface area contributed by atoms with Gasteiger partial charge < -0.3 is 10.6 Å². The second-order valence-corrected chi connectivity index (χ2v) is 2.90. The van der Waals surface area contributed by atoms with Crippen LogP contribution in [0, 0.1) is 0 Å². The molecular weight excluding hydrogens is 166 g/mol. The third-order valence-corrected chi connectivity index (χ3v) is 1.70. The molecule has 2 N–H and O–H groups in total. The standard InChI is InChI=1S/C9H13N3O/c1-12(2)9-7(8(13)6-10)4-3-5-11-9/h3-5H,6,10H2,1-2H3. The number of nitrogens with zero attached hydrogens (tertiary/aromatic N) is 2. The first kappa shape index (κ1) is 9.67. The fourth-order valence-corrected chi connectivity index (χ4v) is 1.08. The van der Waals surface area contributed by atoms with Crippen LogP contribution >= 0.6 is 0 Å². The molecule has 1 aromatic rings. The molecule has 4 heteroatoms. The van der Waals surface area contributed by atoms with Gasteiger partial charge in [0.25, 0.3) is 0 Å². The van der Waals surface area contributed by atoms with Gasteiger partial charge in [-0.15, -0.1) is 0 Å². The minimum atomic E-state index is -0.0863. The van der Waals surface area contributed by atoms with Crippen molar-refractivity contribution in [2.45, 2.75) is 0 Å². The average molecular weight is 179 g/mol. The van der Waals surface area contributed by atoms with Crippen molar-refractivity contribution in [1.29, 1.82) is 0 Å². The lowest BCUT2D eigenvalue weighted by Crippen LogP contribution is -2.20. The van der Waals surface area contributed by atoms with Crippen LogP contribution in [0.2, 0.25) is 0 Å². The van der Waals surface area contributed by atoms with Gasteiger partial charge in [0, 0.05) is 20.3 Å². The zero-order valence-electron chi connectivity index (χ0n) is 7.82. The molecule has 0 atom stereocenters. The second kappa shape index (κ2) is 4.00. The number of hydrogen-bond donors (Lipinski definition) is 1. The normalized spacial score (nSPS) is 9.77. The van der Waals surface area contributed by atoms with E-state index in [0.29, 0.717) is 11.4 Å². The minimum Gasteiger partial charge on any atom is -0.362 e. The number of aromatic nitrogens is 1. The van der Waals surface area contributed by atoms with Crippen LogP contribution in [0.5, 0.6) is 0 Å². The Morgan fingerprint density at radius 1 is 1.62 bits per heavy atom. The van der Waals surface area contributed by atoms with Crippen LogP contribution in [0.1, 0.15) is 10.4 Å². The molecule has 0 aromatic carbocycles. The van der Waals surface area contributed by atoms with Crippen molar-refractivity contribution >= 4 is 11.6 Å². The predicted octanol–water partition coefficient (Wildman–Crippen LogP) is 0.289. The molecule has 0 saturated carbocycles. The van der Waals surface area contributed by atoms with Gasteiger partial charge in [-0.2, -0.15) is 0 Å². The third kappa shape index (κ3) is 2.03. The summed E-state index contributed by atoms with van der Waals surface area (Å²) in [6, 6.07) is 3.47. The van der Waals surface area contributed by atoms with Crippen molar-refractivity contribution in [1.82, 2.24) is 4.98 Å². The molecule has 0 unspecified atom stereocenters. The summed E-state index contributed by atoms with van der Waals surface area (Å²) >= 11 is 0. The van der Waals surface area contributed by atoms with E-state index in [1.165, 1.54) is 0 Å². The first-order chi connectivity index (χ1) is 6.16. The number of carbonyl (C=O) groups excluding carboxylic acids is 1. The number of rotatable bonds is 3. The maximum absolute atomic E-state index is 11.3. The molecular formula is C9H13N3O. The SMILES string of the molecule is CN(C)c1ncccc1C(=O)CN. The number of Topliss-reactive ketones (excluding diaryl/α,β-unsaturated/α-hetero) is 1. The van der Waals surface area contributed by atoms with Crippen molar-refractivity contribution in [3.8, 4) is 0 Å². The fourth-order valence-electron chi connectivity index (χ4n) is 1.08. The summed E-state index contributed by atoms with van der Waals surface area (Å²) < 4.78 is 0. The summed E-state index contributed by atoms with van der Waals surface area (Å²) in [7, 11) is 3.69. The van der Waals surface area contributed by atoms with Crippen LogP contribution in [0.25, 0.3) is 0 Å². The predicted molar refractivity (Wildman–Crippen MR) is 51.9 cm³/mol. The lowest BCUT2D eigenvalue weighted by atomic mass is 10.1. The van der Waals surface area contributed by atoms with Crippen LogP contribution in [-0.4, -0.2) is 31.4 Å². The van der Waals surface area contributed by atoms with Gasteiger partial charge in [0.05, 0.1) is 12.1 Å². The number of anilines is 1. The molecule has 13 heavy (non-hydrogen) atoms. The molecule has 0 radical (unpaired) electrons. The Morgan fingerprint density at radius 2 is 2.31 bits per heavy atom. The average Bonchev–Trinajstić information content (AvgIpc) is 2.16. The Bertz CT molecular complexity index is 309. The van der Waals surface area contributed by atoms with Gasteiger partial charge in [0.2, 0.25) is 0 Å². The van der Waals surface area contributed by atoms with Gasteiger partial charge in [0.15, 0.2) is 5.78 Å². The third-order valence-electron chi connectivity index (χ3n) is 1.70. The van der Waals surface area contributed by atoms with Gasteiger partial charge in [0.1, 0.15) is 5.82 Å². The molecule has 70 valence electrons. The van der Waals surface area contributed by atoms with Gasteiger partial charge >= 0.3 is 0 Å². The highest BCUT2D eigenvalue weighted by Gasteiger charge is 2.11. The molecule has 0 amide bonds. The largest absolute Gasteiger partial charge is 0.362 e. The number of carbonyl (C=O) groups is 1. The zero-order valence-corrected chi connectivity index (χ0v) is 7.82. The monoisotopic (exact) mass is 179 g/mol. The Balaban J connectivity index is 3.12. The number of pyridine rings is 1. The van der Waals surface area contributed by atoms with Crippen molar-refractivity contribution in [2.75, 3.05) is 25.5 Å². The molecule has 0 aliphatic carbocycles. The molecule has 0 spiro atoms. The fraction of sp³-hybridized carbons (Fsp3) is 0.333. The van der Waals surface area contributed by atoms with E-state index in [-0.39, 0.29) is 12.3 Å². The molecule has 0 aliphatic rings. The summed E-state index contributed by atoms with van der Waals surface area (Å²) in [4.78, 5) is 17.2. The van der Waals surface area contributed by atoms with Gasteiger partial charge in [-0.1, -0.05) is 0 Å². The van der Waals surface area contributed by atoms with Gasteiger partial charge in [-0.25, -0.2) is 4.98 Å². The summed E-state index contributed by atoms with van der Waals surface area (Å²) in [5, 5.41) is 0. The van der Waals surface area contributed by atoms with Crippen LogP contribution in [0.15, 0.2) is 18.3 Å². The maximum atomic E-state index is 11.3. The number of ketones is 1. The zero-order chi connectivity index (χ0) is 9.84. The lowest BCUT2D eigenvalue weighted by Gasteiger charge is -2.14. The minimum absolute atomic E-state index is 0.0204. The van der Waals surface area contributed by atoms with Crippen molar-refractivity contribution in [3.05, 3.63) is 23.9 Å². The van der Waals surface area contributed by atoms with Crippen LogP contribution in [0.3, 0.4) is 0 Å².